The van der Waals surface area contributed by atoms with Gasteiger partial charge in [-0.1, -0.05) is 25.2 Å². The highest BCUT2D eigenvalue weighted by Gasteiger charge is 2.11. The molecule has 16 heavy (non-hydrogen) atoms. The molecule has 0 aliphatic heterocycles. The van der Waals surface area contributed by atoms with Gasteiger partial charge in [0.1, 0.15) is 0 Å². The molecular weight excluding hydrogens is 248 g/mol. The maximum absolute atomic E-state index is 11.5. The van der Waals surface area contributed by atoms with Gasteiger partial charge in [0.05, 0.1) is 0 Å². The van der Waals surface area contributed by atoms with E-state index in [0.29, 0.717) is 11.6 Å². The first-order valence-electron chi connectivity index (χ1n) is 5.17. The predicted octanol–water partition coefficient (Wildman–Crippen LogP) is 1.26. The van der Waals surface area contributed by atoms with E-state index in [1.807, 2.05) is 0 Å². The van der Waals surface area contributed by atoms with Crippen molar-refractivity contribution < 1.29 is 4.79 Å². The highest BCUT2D eigenvalue weighted by molar-refractivity contribution is 7.17. The lowest BCUT2D eigenvalue weighted by molar-refractivity contribution is 0.0948. The zero-order chi connectivity index (χ0) is 12.0. The van der Waals surface area contributed by atoms with Crippen molar-refractivity contribution in [3.8, 4) is 0 Å². The number of hydrogen-bond donors (Lipinski definition) is 1. The Morgan fingerprint density at radius 1 is 1.44 bits per heavy atom. The van der Waals surface area contributed by atoms with Crippen molar-refractivity contribution in [2.24, 2.45) is 0 Å². The number of halogens is 1. The van der Waals surface area contributed by atoms with Gasteiger partial charge in [-0.15, -0.1) is 10.2 Å². The number of hydrogen-bond acceptors (Lipinski definition) is 5. The minimum atomic E-state index is -0.212. The van der Waals surface area contributed by atoms with Crippen LogP contribution in [0.4, 0.5) is 0 Å². The van der Waals surface area contributed by atoms with Crippen LogP contribution in [0.15, 0.2) is 0 Å². The molecule has 0 aromatic carbocycles. The Balaban J connectivity index is 2.30. The van der Waals surface area contributed by atoms with Crippen LogP contribution >= 0.6 is 22.9 Å². The van der Waals surface area contributed by atoms with E-state index in [4.69, 9.17) is 11.6 Å². The topological polar surface area (TPSA) is 58.1 Å². The first-order valence-corrected chi connectivity index (χ1v) is 6.36. The molecule has 5 nitrogen and oxygen atoms in total. The second-order valence-electron chi connectivity index (χ2n) is 3.14. The van der Waals surface area contributed by atoms with Crippen molar-refractivity contribution in [1.82, 2.24) is 20.4 Å². The van der Waals surface area contributed by atoms with Gasteiger partial charge in [0.25, 0.3) is 5.91 Å². The van der Waals surface area contributed by atoms with Gasteiger partial charge in [-0.05, 0) is 24.7 Å². The zero-order valence-corrected chi connectivity index (χ0v) is 10.9. The summed E-state index contributed by atoms with van der Waals surface area (Å²) in [6.45, 7) is 7.60. The second-order valence-corrected chi connectivity index (χ2v) is 4.70. The Kier molecular flexibility index (Phi) is 5.65. The van der Waals surface area contributed by atoms with E-state index in [1.54, 1.807) is 0 Å². The summed E-state index contributed by atoms with van der Waals surface area (Å²) < 4.78 is 0.286. The average molecular weight is 263 g/mol. The van der Waals surface area contributed by atoms with E-state index in [1.165, 1.54) is 0 Å². The Bertz CT molecular complexity index is 340. The Hall–Kier alpha value is -0.720. The van der Waals surface area contributed by atoms with E-state index in [0.717, 1.165) is 31.0 Å². The van der Waals surface area contributed by atoms with Crippen molar-refractivity contribution in [3.05, 3.63) is 9.47 Å². The number of nitrogens with one attached hydrogen (secondary N) is 1. The number of nitrogens with zero attached hydrogens (tertiary/aromatic N) is 3. The summed E-state index contributed by atoms with van der Waals surface area (Å²) in [5.41, 5.74) is 0. The van der Waals surface area contributed by atoms with Gasteiger partial charge < -0.3 is 10.2 Å². The molecule has 1 rings (SSSR count). The van der Waals surface area contributed by atoms with Crippen molar-refractivity contribution in [2.45, 2.75) is 13.8 Å². The molecule has 0 aliphatic carbocycles. The van der Waals surface area contributed by atoms with E-state index in [-0.39, 0.29) is 10.4 Å². The molecule has 0 saturated heterocycles. The second kappa shape index (κ2) is 6.78. The molecule has 0 spiro atoms. The number of amides is 1. The Morgan fingerprint density at radius 2 is 2.12 bits per heavy atom. The molecular formula is C9H15ClN4OS. The molecule has 0 unspecified atom stereocenters. The van der Waals surface area contributed by atoms with Crippen LogP contribution in [0.3, 0.4) is 0 Å². The normalized spacial score (nSPS) is 10.8. The van der Waals surface area contributed by atoms with Crippen molar-refractivity contribution >= 4 is 28.8 Å². The Labute approximate surface area is 104 Å². The molecule has 1 heterocycles. The fraction of sp³-hybridized carbons (Fsp3) is 0.667. The van der Waals surface area contributed by atoms with Crippen LogP contribution in [0.1, 0.15) is 23.6 Å². The minimum absolute atomic E-state index is 0.212. The molecule has 1 aromatic rings. The van der Waals surface area contributed by atoms with Crippen molar-refractivity contribution in [1.29, 1.82) is 0 Å². The van der Waals surface area contributed by atoms with E-state index in [2.05, 4.69) is 34.3 Å². The largest absolute Gasteiger partial charge is 0.349 e. The first kappa shape index (κ1) is 13.3. The van der Waals surface area contributed by atoms with Crippen molar-refractivity contribution in [2.75, 3.05) is 26.2 Å². The fourth-order valence-electron chi connectivity index (χ4n) is 1.24. The molecule has 1 amide bonds. The van der Waals surface area contributed by atoms with Gasteiger partial charge in [0.15, 0.2) is 0 Å². The summed E-state index contributed by atoms with van der Waals surface area (Å²) in [4.78, 5) is 13.8. The number of aromatic nitrogens is 2. The molecule has 0 bridgehead atoms. The number of rotatable bonds is 6. The molecule has 0 radical (unpaired) electrons. The molecule has 0 fully saturated rings. The maximum Gasteiger partial charge on any atom is 0.282 e. The van der Waals surface area contributed by atoms with Crippen LogP contribution < -0.4 is 5.32 Å². The number of carbonyl (C=O) groups is 1. The molecule has 0 atom stereocenters. The summed E-state index contributed by atoms with van der Waals surface area (Å²) in [5, 5.41) is 10.3. The van der Waals surface area contributed by atoms with Gasteiger partial charge in [0, 0.05) is 13.1 Å². The fourth-order valence-corrected chi connectivity index (χ4v) is 1.98. The summed E-state index contributed by atoms with van der Waals surface area (Å²) in [5.74, 6) is -0.212. The van der Waals surface area contributed by atoms with E-state index in [9.17, 15) is 4.79 Å². The quantitative estimate of drug-likeness (QED) is 0.839. The van der Waals surface area contributed by atoms with Gasteiger partial charge in [-0.2, -0.15) is 0 Å². The van der Waals surface area contributed by atoms with Crippen LogP contribution in [-0.2, 0) is 0 Å². The minimum Gasteiger partial charge on any atom is -0.349 e. The lowest BCUT2D eigenvalue weighted by Gasteiger charge is -2.17. The molecule has 1 N–H and O–H groups in total. The number of carbonyl (C=O) groups excluding carboxylic acids is 1. The summed E-state index contributed by atoms with van der Waals surface area (Å²) in [6.07, 6.45) is 0. The predicted molar refractivity (Wildman–Crippen MR) is 65.0 cm³/mol. The van der Waals surface area contributed by atoms with Crippen LogP contribution in [0, 0.1) is 0 Å². The Morgan fingerprint density at radius 3 is 2.62 bits per heavy atom. The summed E-state index contributed by atoms with van der Waals surface area (Å²) >= 11 is 6.67. The number of likely N-dealkylation sites (N-methyl/N-ethyl adjacent to an activating group) is 1. The standard InChI is InChI=1S/C9H15ClN4OS/c1-3-14(4-2)6-5-11-7(15)8-12-13-9(10)16-8/h3-6H2,1-2H3,(H,11,15). The molecule has 0 aliphatic rings. The summed E-state index contributed by atoms with van der Waals surface area (Å²) in [6, 6.07) is 0. The lowest BCUT2D eigenvalue weighted by atomic mass is 10.4. The van der Waals surface area contributed by atoms with Gasteiger partial charge in [-0.3, -0.25) is 4.79 Å². The van der Waals surface area contributed by atoms with Gasteiger partial charge in [-0.25, -0.2) is 0 Å². The van der Waals surface area contributed by atoms with Crippen LogP contribution in [-0.4, -0.2) is 47.2 Å². The zero-order valence-electron chi connectivity index (χ0n) is 9.36. The smallest absolute Gasteiger partial charge is 0.282 e. The highest BCUT2D eigenvalue weighted by Crippen LogP contribution is 2.14. The van der Waals surface area contributed by atoms with Crippen LogP contribution in [0.2, 0.25) is 4.47 Å². The monoisotopic (exact) mass is 262 g/mol. The van der Waals surface area contributed by atoms with Gasteiger partial charge >= 0.3 is 0 Å². The van der Waals surface area contributed by atoms with E-state index < -0.39 is 0 Å². The van der Waals surface area contributed by atoms with Crippen LogP contribution in [0.5, 0.6) is 0 Å². The van der Waals surface area contributed by atoms with E-state index >= 15 is 0 Å². The third-order valence-corrected chi connectivity index (χ3v) is 3.22. The third kappa shape index (κ3) is 4.03. The van der Waals surface area contributed by atoms with Crippen LogP contribution in [0.25, 0.3) is 0 Å². The maximum atomic E-state index is 11.5. The molecule has 1 aromatic heterocycles. The SMILES string of the molecule is CCN(CC)CCNC(=O)c1nnc(Cl)s1. The molecule has 90 valence electrons. The average Bonchev–Trinajstić information content (AvgIpc) is 2.71. The van der Waals surface area contributed by atoms with Crippen molar-refractivity contribution in [3.63, 3.8) is 0 Å². The first-order chi connectivity index (χ1) is 7.67. The third-order valence-electron chi connectivity index (χ3n) is 2.20. The summed E-state index contributed by atoms with van der Waals surface area (Å²) in [7, 11) is 0. The van der Waals surface area contributed by atoms with Gasteiger partial charge in [0.2, 0.25) is 9.47 Å². The molecule has 7 heteroatoms. The lowest BCUT2D eigenvalue weighted by Crippen LogP contribution is -2.34. The highest BCUT2D eigenvalue weighted by atomic mass is 35.5. The molecule has 0 saturated carbocycles.